The van der Waals surface area contributed by atoms with Crippen molar-refractivity contribution < 1.29 is 24.6 Å². The highest BCUT2D eigenvalue weighted by atomic mass is 35.5. The van der Waals surface area contributed by atoms with Gasteiger partial charge in [0.25, 0.3) is 0 Å². The zero-order chi connectivity index (χ0) is 23.4. The van der Waals surface area contributed by atoms with Gasteiger partial charge in [0.15, 0.2) is 0 Å². The van der Waals surface area contributed by atoms with Crippen molar-refractivity contribution in [1.82, 2.24) is 24.7 Å². The van der Waals surface area contributed by atoms with E-state index in [1.54, 1.807) is 19.4 Å². The van der Waals surface area contributed by atoms with Crippen molar-refractivity contribution in [2.24, 2.45) is 11.8 Å². The van der Waals surface area contributed by atoms with Crippen LogP contribution in [0.15, 0.2) is 29.3 Å². The van der Waals surface area contributed by atoms with Crippen LogP contribution in [-0.4, -0.2) is 90.4 Å². The Morgan fingerprint density at radius 2 is 2.12 bits per heavy atom. The highest BCUT2D eigenvalue weighted by Gasteiger charge is 2.60. The number of aliphatic carboxylic acids is 1. The summed E-state index contributed by atoms with van der Waals surface area (Å²) in [5.74, 6) is -2.09. The van der Waals surface area contributed by atoms with Crippen LogP contribution in [0.4, 0.5) is 0 Å². The number of thioether (sulfide) groups is 1. The minimum absolute atomic E-state index is 0. The highest BCUT2D eigenvalue weighted by molar-refractivity contribution is 8.03. The topological polar surface area (TPSA) is 128 Å². The lowest BCUT2D eigenvalue weighted by molar-refractivity contribution is -0.163. The van der Waals surface area contributed by atoms with Gasteiger partial charge in [-0.25, -0.2) is 9.78 Å². The summed E-state index contributed by atoms with van der Waals surface area (Å²) in [7, 11) is 0. The number of imidazole rings is 1. The number of fused-ring (bicyclic) bond motifs is 1. The summed E-state index contributed by atoms with van der Waals surface area (Å²) in [4.78, 5) is 45.6. The number of carboxylic acid groups (broad SMARTS) is 1. The molecule has 4 aliphatic rings. The number of carboxylic acids is 1. The van der Waals surface area contributed by atoms with Gasteiger partial charge in [0, 0.05) is 48.1 Å². The van der Waals surface area contributed by atoms with Crippen molar-refractivity contribution in [1.29, 1.82) is 0 Å². The summed E-state index contributed by atoms with van der Waals surface area (Å²) in [5.41, 5.74) is 0.0388. The average Bonchev–Trinajstić information content (AvgIpc) is 3.55. The molecule has 1 aromatic rings. The summed E-state index contributed by atoms with van der Waals surface area (Å²) in [5, 5.41) is 23.2. The lowest BCUT2D eigenvalue weighted by atomic mass is 9.79. The first kappa shape index (κ1) is 25.0. The molecule has 0 unspecified atom stereocenters. The van der Waals surface area contributed by atoms with Gasteiger partial charge in [-0.3, -0.25) is 9.59 Å². The molecular weight excluding hydrogens is 482 g/mol. The van der Waals surface area contributed by atoms with E-state index >= 15 is 0 Å². The molecule has 1 aromatic heterocycles. The Kier molecular flexibility index (Phi) is 7.01. The van der Waals surface area contributed by atoms with Crippen molar-refractivity contribution in [3.8, 4) is 0 Å². The third-order valence-corrected chi connectivity index (χ3v) is 8.93. The number of carbonyl (C=O) groups excluding carboxylic acids is 2. The molecule has 7 atom stereocenters. The molecule has 4 aliphatic heterocycles. The average molecular weight is 512 g/mol. The number of likely N-dealkylation sites (tertiary alicyclic amines) is 1. The summed E-state index contributed by atoms with van der Waals surface area (Å²) >= 11 is 1.46. The Morgan fingerprint density at radius 3 is 2.76 bits per heavy atom. The molecule has 0 radical (unpaired) electrons. The van der Waals surface area contributed by atoms with Gasteiger partial charge in [-0.15, -0.1) is 24.2 Å². The van der Waals surface area contributed by atoms with Crippen molar-refractivity contribution in [2.75, 3.05) is 19.6 Å². The first-order valence-electron chi connectivity index (χ1n) is 11.4. The van der Waals surface area contributed by atoms with E-state index in [-0.39, 0.29) is 59.2 Å². The van der Waals surface area contributed by atoms with Crippen LogP contribution < -0.4 is 5.32 Å². The van der Waals surface area contributed by atoms with Crippen LogP contribution in [-0.2, 0) is 14.4 Å². The van der Waals surface area contributed by atoms with Gasteiger partial charge < -0.3 is 29.9 Å². The number of nitrogens with zero attached hydrogens (tertiary/aromatic N) is 4. The maximum Gasteiger partial charge on any atom is 0.353 e. The highest BCUT2D eigenvalue weighted by Crippen LogP contribution is 2.51. The molecule has 0 bridgehead atoms. The number of carbonyl (C=O) groups is 3. The first-order valence-corrected chi connectivity index (χ1v) is 12.3. The number of amides is 2. The van der Waals surface area contributed by atoms with Crippen LogP contribution >= 0.6 is 24.2 Å². The Morgan fingerprint density at radius 1 is 1.35 bits per heavy atom. The number of halogens is 1. The molecule has 3 saturated heterocycles. The molecule has 186 valence electrons. The van der Waals surface area contributed by atoms with E-state index < -0.39 is 18.0 Å². The Bertz CT molecular complexity index is 1000. The van der Waals surface area contributed by atoms with E-state index in [0.29, 0.717) is 31.0 Å². The SMILES string of the molecule is C[C@@H](O)[C@H]1C(=O)N2C(C(=O)O)=C(S[C@@H]3CN[C@H](C(=O)N4CC[C@H](n5ccnc5)C4)C3)[C@H](C)[C@H]12.Cl. The molecule has 0 aliphatic carbocycles. The minimum atomic E-state index is -1.12. The van der Waals surface area contributed by atoms with E-state index in [9.17, 15) is 24.6 Å². The molecule has 3 N–H and O–H groups in total. The largest absolute Gasteiger partial charge is 0.477 e. The Labute approximate surface area is 208 Å². The fourth-order valence-corrected chi connectivity index (χ4v) is 7.21. The predicted octanol–water partition coefficient (Wildman–Crippen LogP) is 0.696. The van der Waals surface area contributed by atoms with Gasteiger partial charge in [0.1, 0.15) is 5.70 Å². The Balaban J connectivity index is 0.00000274. The van der Waals surface area contributed by atoms with Crippen LogP contribution in [0.1, 0.15) is 32.7 Å². The molecule has 10 nitrogen and oxygen atoms in total. The number of hydrogen-bond acceptors (Lipinski definition) is 7. The van der Waals surface area contributed by atoms with E-state index in [0.717, 1.165) is 6.42 Å². The van der Waals surface area contributed by atoms with Crippen LogP contribution in [0.25, 0.3) is 0 Å². The lowest BCUT2D eigenvalue weighted by Crippen LogP contribution is -2.63. The van der Waals surface area contributed by atoms with Crippen LogP contribution in [0.3, 0.4) is 0 Å². The monoisotopic (exact) mass is 511 g/mol. The van der Waals surface area contributed by atoms with Crippen LogP contribution in [0.5, 0.6) is 0 Å². The zero-order valence-corrected chi connectivity index (χ0v) is 20.7. The van der Waals surface area contributed by atoms with E-state index in [1.165, 1.54) is 16.7 Å². The van der Waals surface area contributed by atoms with Crippen molar-refractivity contribution >= 4 is 42.0 Å². The molecule has 0 aromatic carbocycles. The molecule has 0 saturated carbocycles. The number of hydrogen-bond donors (Lipinski definition) is 3. The fraction of sp³-hybridized carbons (Fsp3) is 0.636. The number of β-lactam (4-membered cyclic amide) rings is 1. The van der Waals surface area contributed by atoms with Gasteiger partial charge in [-0.1, -0.05) is 6.92 Å². The van der Waals surface area contributed by atoms with Gasteiger partial charge >= 0.3 is 5.97 Å². The summed E-state index contributed by atoms with van der Waals surface area (Å²) in [6.45, 7) is 5.47. The molecule has 2 amide bonds. The van der Waals surface area contributed by atoms with E-state index in [4.69, 9.17) is 0 Å². The van der Waals surface area contributed by atoms with Gasteiger partial charge in [0.2, 0.25) is 11.8 Å². The zero-order valence-electron chi connectivity index (χ0n) is 19.0. The third-order valence-electron chi connectivity index (χ3n) is 7.41. The van der Waals surface area contributed by atoms with Crippen molar-refractivity contribution in [3.63, 3.8) is 0 Å². The molecule has 3 fully saturated rings. The molecule has 5 rings (SSSR count). The smallest absolute Gasteiger partial charge is 0.353 e. The number of aliphatic hydroxyl groups excluding tert-OH is 1. The van der Waals surface area contributed by atoms with Crippen LogP contribution in [0.2, 0.25) is 0 Å². The number of rotatable bonds is 6. The summed E-state index contributed by atoms with van der Waals surface area (Å²) in [6, 6.07) is -0.365. The summed E-state index contributed by atoms with van der Waals surface area (Å²) in [6.07, 6.45) is 6.14. The molecular formula is C22H30ClN5O5S. The summed E-state index contributed by atoms with van der Waals surface area (Å²) < 4.78 is 2.04. The van der Waals surface area contributed by atoms with Gasteiger partial charge in [-0.05, 0) is 19.8 Å². The predicted molar refractivity (Wildman–Crippen MR) is 127 cm³/mol. The fourth-order valence-electron chi connectivity index (χ4n) is 5.73. The second kappa shape index (κ2) is 9.52. The number of nitrogens with one attached hydrogen (secondary N) is 1. The Hall–Kier alpha value is -2.08. The molecule has 34 heavy (non-hydrogen) atoms. The quantitative estimate of drug-likeness (QED) is 0.476. The molecule has 0 spiro atoms. The molecule has 12 heteroatoms. The second-order valence-corrected chi connectivity index (χ2v) is 10.8. The maximum atomic E-state index is 13.1. The lowest BCUT2D eigenvalue weighted by Gasteiger charge is -2.46. The number of aliphatic hydroxyl groups is 1. The normalized spacial score (nSPS) is 33.6. The second-order valence-electron chi connectivity index (χ2n) is 9.44. The maximum absolute atomic E-state index is 13.1. The molecule has 5 heterocycles. The van der Waals surface area contributed by atoms with Gasteiger partial charge in [-0.2, -0.15) is 0 Å². The van der Waals surface area contributed by atoms with Crippen LogP contribution in [0, 0.1) is 11.8 Å². The third kappa shape index (κ3) is 4.02. The standard InChI is InChI=1S/C22H29N5O5S.ClH/c1-11-17-16(12(2)28)21(30)27(17)18(22(31)32)19(11)33-14-7-15(24-8-14)20(29)25-5-3-13(9-25)26-6-4-23-10-26;/h4,6,10-17,24,28H,3,5,7-9H2,1-2H3,(H,31,32);1H/t11-,12-,13+,14+,15+,16-,17-;/m1./s1. The van der Waals surface area contributed by atoms with E-state index in [1.807, 2.05) is 22.6 Å². The van der Waals surface area contributed by atoms with E-state index in [2.05, 4.69) is 10.3 Å². The number of aromatic nitrogens is 2. The minimum Gasteiger partial charge on any atom is -0.477 e. The van der Waals surface area contributed by atoms with Crippen molar-refractivity contribution in [3.05, 3.63) is 29.3 Å². The van der Waals surface area contributed by atoms with Gasteiger partial charge in [0.05, 0.1) is 36.5 Å². The first-order chi connectivity index (χ1) is 15.8. The van der Waals surface area contributed by atoms with Crippen molar-refractivity contribution in [2.45, 2.75) is 56.2 Å².